The van der Waals surface area contributed by atoms with Crippen LogP contribution in [0.25, 0.3) is 0 Å². The molecule has 0 aliphatic heterocycles. The van der Waals surface area contributed by atoms with Crippen molar-refractivity contribution in [3.63, 3.8) is 0 Å². The molecular formula is C16H21BrF2O2. The fourth-order valence-electron chi connectivity index (χ4n) is 3.35. The van der Waals surface area contributed by atoms with Crippen LogP contribution in [0.2, 0.25) is 0 Å². The number of aliphatic hydroxyl groups excluding tert-OH is 1. The van der Waals surface area contributed by atoms with E-state index in [0.29, 0.717) is 25.4 Å². The first-order chi connectivity index (χ1) is 9.91. The second kappa shape index (κ2) is 6.71. The number of hydrogen-bond acceptors (Lipinski definition) is 2. The van der Waals surface area contributed by atoms with Crippen molar-refractivity contribution in [1.82, 2.24) is 0 Å². The molecule has 1 fully saturated rings. The van der Waals surface area contributed by atoms with Crippen LogP contribution < -0.4 is 0 Å². The molecule has 1 aromatic rings. The summed E-state index contributed by atoms with van der Waals surface area (Å²) in [7, 11) is 0. The lowest BCUT2D eigenvalue weighted by atomic mass is 9.73. The first-order valence-electron chi connectivity index (χ1n) is 7.36. The third-order valence-electron chi connectivity index (χ3n) is 4.27. The molecule has 0 amide bonds. The maximum absolute atomic E-state index is 14.3. The molecule has 1 aliphatic carbocycles. The molecule has 21 heavy (non-hydrogen) atoms. The predicted molar refractivity (Wildman–Crippen MR) is 81.0 cm³/mol. The molecule has 0 radical (unpaired) electrons. The highest BCUT2D eigenvalue weighted by atomic mass is 79.9. The van der Waals surface area contributed by atoms with Crippen LogP contribution >= 0.6 is 15.9 Å². The van der Waals surface area contributed by atoms with E-state index in [1.807, 2.05) is 6.92 Å². The van der Waals surface area contributed by atoms with Crippen LogP contribution in [-0.4, -0.2) is 17.3 Å². The number of ether oxygens (including phenoxy) is 1. The van der Waals surface area contributed by atoms with Crippen molar-refractivity contribution in [2.24, 2.45) is 5.92 Å². The highest BCUT2D eigenvalue weighted by Gasteiger charge is 2.45. The molecule has 0 aromatic heterocycles. The first-order valence-corrected chi connectivity index (χ1v) is 8.16. The summed E-state index contributed by atoms with van der Waals surface area (Å²) < 4.78 is 34.3. The third-order valence-corrected chi connectivity index (χ3v) is 4.89. The van der Waals surface area contributed by atoms with Gasteiger partial charge in [-0.3, -0.25) is 0 Å². The molecule has 1 saturated carbocycles. The second-order valence-electron chi connectivity index (χ2n) is 5.86. The monoisotopic (exact) mass is 362 g/mol. The van der Waals surface area contributed by atoms with Crippen LogP contribution in [0.5, 0.6) is 0 Å². The third kappa shape index (κ3) is 3.30. The van der Waals surface area contributed by atoms with Crippen LogP contribution in [0.3, 0.4) is 0 Å². The van der Waals surface area contributed by atoms with Gasteiger partial charge < -0.3 is 9.84 Å². The minimum atomic E-state index is -1.31. The zero-order valence-corrected chi connectivity index (χ0v) is 13.9. The SMILES string of the molecule is CCOC1(C(O)c2c(F)ccc(Br)c2F)CCCC(C)C1. The lowest BCUT2D eigenvalue weighted by Crippen LogP contribution is -2.44. The minimum Gasteiger partial charge on any atom is -0.385 e. The van der Waals surface area contributed by atoms with Gasteiger partial charge in [0.05, 0.1) is 15.6 Å². The van der Waals surface area contributed by atoms with E-state index >= 15 is 0 Å². The van der Waals surface area contributed by atoms with Gasteiger partial charge in [0.2, 0.25) is 0 Å². The summed E-state index contributed by atoms with van der Waals surface area (Å²) in [6.45, 7) is 4.32. The van der Waals surface area contributed by atoms with Crippen molar-refractivity contribution in [3.8, 4) is 0 Å². The Kier molecular flexibility index (Phi) is 5.38. The van der Waals surface area contributed by atoms with Crippen LogP contribution in [0.1, 0.15) is 51.2 Å². The van der Waals surface area contributed by atoms with Crippen LogP contribution in [0.15, 0.2) is 16.6 Å². The summed E-state index contributed by atoms with van der Waals surface area (Å²) in [6, 6.07) is 2.47. The number of benzene rings is 1. The standard InChI is InChI=1S/C16H21BrF2O2/c1-3-21-16(8-4-5-10(2)9-16)15(20)13-12(18)7-6-11(17)14(13)19/h6-7,10,15,20H,3-5,8-9H2,1-2H3. The maximum Gasteiger partial charge on any atom is 0.146 e. The van der Waals surface area contributed by atoms with E-state index in [2.05, 4.69) is 22.9 Å². The van der Waals surface area contributed by atoms with Crippen molar-refractivity contribution >= 4 is 15.9 Å². The molecule has 3 atom stereocenters. The molecule has 1 N–H and O–H groups in total. The fraction of sp³-hybridized carbons (Fsp3) is 0.625. The van der Waals surface area contributed by atoms with Gasteiger partial charge in [-0.15, -0.1) is 0 Å². The summed E-state index contributed by atoms with van der Waals surface area (Å²) in [5.41, 5.74) is -1.21. The molecule has 3 unspecified atom stereocenters. The van der Waals surface area contributed by atoms with Crippen molar-refractivity contribution in [2.75, 3.05) is 6.61 Å². The smallest absolute Gasteiger partial charge is 0.146 e. The molecule has 5 heteroatoms. The lowest BCUT2D eigenvalue weighted by molar-refractivity contribution is -0.151. The summed E-state index contributed by atoms with van der Waals surface area (Å²) in [5.74, 6) is -1.13. The molecule has 0 saturated heterocycles. The average molecular weight is 363 g/mol. The number of hydrogen-bond donors (Lipinski definition) is 1. The van der Waals surface area contributed by atoms with Gasteiger partial charge in [-0.2, -0.15) is 0 Å². The maximum atomic E-state index is 14.3. The number of rotatable bonds is 4. The topological polar surface area (TPSA) is 29.5 Å². The molecule has 0 bridgehead atoms. The zero-order chi connectivity index (χ0) is 15.6. The summed E-state index contributed by atoms with van der Waals surface area (Å²) in [6.07, 6.45) is 1.84. The molecule has 0 spiro atoms. The number of halogens is 3. The zero-order valence-electron chi connectivity index (χ0n) is 12.3. The lowest BCUT2D eigenvalue weighted by Gasteiger charge is -2.43. The average Bonchev–Trinajstić information content (AvgIpc) is 2.43. The Morgan fingerprint density at radius 2 is 2.19 bits per heavy atom. The largest absolute Gasteiger partial charge is 0.385 e. The van der Waals surface area contributed by atoms with E-state index in [1.54, 1.807) is 0 Å². The molecule has 1 aliphatic rings. The van der Waals surface area contributed by atoms with E-state index in [9.17, 15) is 13.9 Å². The van der Waals surface area contributed by atoms with E-state index in [0.717, 1.165) is 18.9 Å². The molecule has 1 aromatic carbocycles. The van der Waals surface area contributed by atoms with Crippen molar-refractivity contribution in [1.29, 1.82) is 0 Å². The van der Waals surface area contributed by atoms with Crippen LogP contribution in [0.4, 0.5) is 8.78 Å². The quantitative estimate of drug-likeness (QED) is 0.783. The van der Waals surface area contributed by atoms with E-state index in [4.69, 9.17) is 4.74 Å². The van der Waals surface area contributed by atoms with Crippen LogP contribution in [0, 0.1) is 17.6 Å². The Morgan fingerprint density at radius 1 is 1.48 bits per heavy atom. The summed E-state index contributed by atoms with van der Waals surface area (Å²) in [5, 5.41) is 10.7. The second-order valence-corrected chi connectivity index (χ2v) is 6.71. The molecular weight excluding hydrogens is 342 g/mol. The van der Waals surface area contributed by atoms with E-state index in [-0.39, 0.29) is 10.0 Å². The summed E-state index contributed by atoms with van der Waals surface area (Å²) in [4.78, 5) is 0. The molecule has 0 heterocycles. The highest BCUT2D eigenvalue weighted by Crippen LogP contribution is 2.45. The molecule has 118 valence electrons. The van der Waals surface area contributed by atoms with Gasteiger partial charge in [0.1, 0.15) is 17.7 Å². The Balaban J connectivity index is 2.44. The summed E-state index contributed by atoms with van der Waals surface area (Å²) >= 11 is 3.05. The van der Waals surface area contributed by atoms with Gasteiger partial charge in [0.25, 0.3) is 0 Å². The van der Waals surface area contributed by atoms with Crippen molar-refractivity contribution in [3.05, 3.63) is 33.8 Å². The fourth-order valence-corrected chi connectivity index (χ4v) is 3.69. The Labute approximate surface area is 132 Å². The van der Waals surface area contributed by atoms with Gasteiger partial charge in [0, 0.05) is 6.61 Å². The molecule has 2 rings (SSSR count). The number of aliphatic hydroxyl groups is 1. The van der Waals surface area contributed by atoms with Crippen LogP contribution in [-0.2, 0) is 4.74 Å². The molecule has 2 nitrogen and oxygen atoms in total. The van der Waals surface area contributed by atoms with Crippen molar-refractivity contribution in [2.45, 2.75) is 51.2 Å². The van der Waals surface area contributed by atoms with Gasteiger partial charge in [-0.25, -0.2) is 8.78 Å². The first kappa shape index (κ1) is 16.8. The Morgan fingerprint density at radius 3 is 2.81 bits per heavy atom. The van der Waals surface area contributed by atoms with Gasteiger partial charge in [-0.1, -0.05) is 19.8 Å². The minimum absolute atomic E-state index is 0.147. The van der Waals surface area contributed by atoms with Gasteiger partial charge in [-0.05, 0) is 53.7 Å². The highest BCUT2D eigenvalue weighted by molar-refractivity contribution is 9.10. The Hall–Kier alpha value is -0.520. The Bertz CT molecular complexity index is 505. The van der Waals surface area contributed by atoms with Crippen molar-refractivity contribution < 1.29 is 18.6 Å². The van der Waals surface area contributed by atoms with E-state index < -0.39 is 23.3 Å². The van der Waals surface area contributed by atoms with E-state index in [1.165, 1.54) is 6.07 Å². The predicted octanol–water partition coefficient (Wildman–Crippen LogP) is 4.75. The normalized spacial score (nSPS) is 27.6. The van der Waals surface area contributed by atoms with Gasteiger partial charge >= 0.3 is 0 Å². The van der Waals surface area contributed by atoms with Gasteiger partial charge in [0.15, 0.2) is 0 Å².